The lowest BCUT2D eigenvalue weighted by Gasteiger charge is -2.57. The van der Waals surface area contributed by atoms with Gasteiger partial charge in [-0.05, 0) is 190 Å². The third-order valence-electron chi connectivity index (χ3n) is 30.2. The maximum absolute atomic E-state index is 13.9. The monoisotopic (exact) mass is 1540 g/mol. The molecular weight excluding hydrogens is 1440 g/mol. The van der Waals surface area contributed by atoms with Gasteiger partial charge < -0.3 is 15.3 Å². The van der Waals surface area contributed by atoms with Crippen molar-refractivity contribution in [1.29, 1.82) is 0 Å². The number of hydrogen-bond acceptors (Lipinski definition) is 19. The molecule has 568 valence electrons. The minimum absolute atomic E-state index is 0.00545. The number of carbonyl (C=O) groups excluding carboxylic acids is 9. The van der Waals surface area contributed by atoms with Gasteiger partial charge in [0.25, 0.3) is 0 Å². The van der Waals surface area contributed by atoms with Crippen LogP contribution >= 0.6 is 46.6 Å². The van der Waals surface area contributed by atoms with Crippen molar-refractivity contribution in [3.63, 3.8) is 0 Å². The van der Waals surface area contributed by atoms with Gasteiger partial charge in [-0.1, -0.05) is 180 Å². The third-order valence-corrected chi connectivity index (χ3v) is 34.3. The molecule has 3 aromatic heterocycles. The van der Waals surface area contributed by atoms with E-state index in [4.69, 9.17) is 0 Å². The number of nitrogens with zero attached hydrogens (tertiary/aromatic N) is 3. The predicted molar refractivity (Wildman–Crippen MR) is 425 cm³/mol. The number of carbonyl (C=O) groups is 9. The average Bonchev–Trinajstić information content (AvgIpc) is 1.59. The molecule has 9 fully saturated rings. The highest BCUT2D eigenvalue weighted by Crippen LogP contribution is 2.71. The zero-order valence-electron chi connectivity index (χ0n) is 63.3. The van der Waals surface area contributed by atoms with E-state index in [1.54, 1.807) is 41.7 Å². The molecule has 18 rings (SSSR count). The topological polar surface area (TPSA) is 253 Å². The number of aromatic nitrogens is 3. The molecule has 19 heteroatoms. The highest BCUT2D eigenvalue weighted by Gasteiger charge is 2.73. The molecule has 15 nitrogen and oxygen atoms in total. The van der Waals surface area contributed by atoms with E-state index in [9.17, 15) is 58.5 Å². The van der Waals surface area contributed by atoms with Gasteiger partial charge in [-0.3, -0.25) is 43.2 Å². The summed E-state index contributed by atoms with van der Waals surface area (Å²) in [6.45, 7) is 16.2. The summed E-state index contributed by atoms with van der Waals surface area (Å²) in [7, 11) is 0. The molecule has 0 spiro atoms. The van der Waals surface area contributed by atoms with Gasteiger partial charge in [0, 0.05) is 81.3 Å². The highest BCUT2D eigenvalue weighted by molar-refractivity contribution is 8.01. The molecule has 0 amide bonds. The smallest absolute Gasteiger partial charge is 0.178 e. The van der Waals surface area contributed by atoms with E-state index in [-0.39, 0.29) is 159 Å². The summed E-state index contributed by atoms with van der Waals surface area (Å²) in [5.41, 5.74) is -2.20. The summed E-state index contributed by atoms with van der Waals surface area (Å²) in [6.07, 6.45) is 21.7. The fourth-order valence-corrected chi connectivity index (χ4v) is 28.4. The molecule has 15 unspecified atom stereocenters. The Kier molecular flexibility index (Phi) is 19.3. The van der Waals surface area contributed by atoms with Crippen molar-refractivity contribution in [3.8, 4) is 0 Å². The predicted octanol–water partition coefficient (Wildman–Crippen LogP) is 16.1. The Hall–Kier alpha value is -6.97. The third kappa shape index (κ3) is 11.9. The number of thiazole rings is 1. The number of fused-ring (bicyclic) bond motifs is 18. The molecule has 3 N–H and O–H groups in total. The molecule has 20 atom stereocenters. The van der Waals surface area contributed by atoms with Crippen molar-refractivity contribution < 1.29 is 58.5 Å². The van der Waals surface area contributed by atoms with Crippen molar-refractivity contribution in [2.45, 2.75) is 183 Å². The molecule has 6 aromatic rings. The fourth-order valence-electron chi connectivity index (χ4n) is 24.7. The lowest BCUT2D eigenvalue weighted by Crippen LogP contribution is -2.61. The Morgan fingerprint density at radius 1 is 0.468 bits per heavy atom. The van der Waals surface area contributed by atoms with E-state index in [1.165, 1.54) is 35.3 Å². The average molecular weight is 1540 g/mol. The maximum Gasteiger partial charge on any atom is 0.178 e. The first kappa shape index (κ1) is 76.0. The summed E-state index contributed by atoms with van der Waals surface area (Å²) in [6, 6.07) is 31.5. The Morgan fingerprint density at radius 3 is 1.44 bits per heavy atom. The van der Waals surface area contributed by atoms with Crippen LogP contribution in [-0.2, 0) is 43.2 Å². The quantitative estimate of drug-likeness (QED) is 0.0963. The largest absolute Gasteiger partial charge is 0.381 e. The zero-order valence-corrected chi connectivity index (χ0v) is 66.6. The SMILES string of the molecule is CC12CCC(=O)C=C1CCC1C2C(=O)CC2(C)C1CC[C@]2(O)C(=O)CSc1ccc2ccccc2n1.C[C@@H]1CC2C3CCC4=CC(=O)C=CC4(C)C3C(=O)CC2(C)[C@@]1(O)C(=O)CSc1ccc2ccccc2n1.C[C@@H]1CC2C3CCC4=CC(=O)C=CC4(C)C3C(=O)CC2(C)[C@@]1(O)C(=O)CSc1nc2ccccc2s1. The number of ketones is 9. The fraction of sp³-hybridized carbons (Fsp3) is 0.511. The van der Waals surface area contributed by atoms with Crippen LogP contribution in [0.4, 0.5) is 0 Å². The molecule has 3 aromatic carbocycles. The lowest BCUT2D eigenvalue weighted by molar-refractivity contribution is -0.170. The molecule has 9 saturated carbocycles. The molecule has 0 radical (unpaired) electrons. The number of aliphatic hydroxyl groups is 3. The standard InChI is InChI=1S/C31H33NO4S.C30H33NO4S.C29H31NO4S2/c1-18-14-23-22-10-9-20-15-21(33)12-13-29(20,2)28(22)25(34)16-30(23,3)31(18,36)26(35)17-37-27-11-8-19-6-4-5-7-24(19)32-27;1-28-13-11-20(32)15-19(28)8-9-21-22-12-14-30(35,29(22,2)16-24(33)27(21)28)25(34)17-36-26-10-7-18-5-3-4-6-23(18)31-26;1-16-12-20-19-9-8-17-13-18(31)10-11-27(17,2)25(19)22(32)14-28(20,3)29(16,34)24(33)15-35-26-30-21-6-4-5-7-23(21)36-26/h4-8,11-13,15,18,22-23,28,36H,9-10,14,16-17H2,1-3H3;3-7,10,15,21-22,27,35H,8-9,11-14,16-17H2,1-2H3;4-7,10-11,13,16,19-20,25,34H,8-9,12,14-15H2,1-3H3/t18-,22?,23?,28?,29?,30?,31+;21?,22?,27?,28?,29?,30-;16-,19?,20?,25?,27?,28?,29+/m101/s1. The Balaban J connectivity index is 0.000000124. The molecule has 12 aliphatic carbocycles. The van der Waals surface area contributed by atoms with Crippen molar-refractivity contribution in [3.05, 3.63) is 156 Å². The second-order valence-corrected chi connectivity index (χ2v) is 39.7. The Labute approximate surface area is 653 Å². The number of pyridine rings is 2. The maximum atomic E-state index is 13.9. The Bertz CT molecular complexity index is 5020. The van der Waals surface area contributed by atoms with Gasteiger partial charge in [0.05, 0.1) is 48.6 Å². The van der Waals surface area contributed by atoms with E-state index in [2.05, 4.69) is 35.7 Å². The first-order valence-electron chi connectivity index (χ1n) is 39.2. The first-order chi connectivity index (χ1) is 51.8. The summed E-state index contributed by atoms with van der Waals surface area (Å²) in [4.78, 5) is 133. The number of rotatable bonds is 12. The summed E-state index contributed by atoms with van der Waals surface area (Å²) < 4.78 is 1.90. The number of para-hydroxylation sites is 3. The molecule has 12 aliphatic rings. The minimum atomic E-state index is -1.56. The van der Waals surface area contributed by atoms with Crippen molar-refractivity contribution in [2.75, 3.05) is 17.3 Å². The van der Waals surface area contributed by atoms with Crippen LogP contribution in [0.3, 0.4) is 0 Å². The van der Waals surface area contributed by atoms with Crippen LogP contribution in [-0.4, -0.2) is 116 Å². The van der Waals surface area contributed by atoms with Crippen LogP contribution in [0.2, 0.25) is 0 Å². The molecule has 0 aliphatic heterocycles. The second kappa shape index (κ2) is 27.7. The Morgan fingerprint density at radius 2 is 0.917 bits per heavy atom. The van der Waals surface area contributed by atoms with Gasteiger partial charge >= 0.3 is 0 Å². The molecule has 0 bridgehead atoms. The van der Waals surface area contributed by atoms with Crippen LogP contribution in [0.25, 0.3) is 32.0 Å². The molecular formula is C90H97N3O12S4. The summed E-state index contributed by atoms with van der Waals surface area (Å²) >= 11 is 5.65. The van der Waals surface area contributed by atoms with Crippen molar-refractivity contribution in [1.82, 2.24) is 15.0 Å². The van der Waals surface area contributed by atoms with E-state index in [1.807, 2.05) is 144 Å². The number of Topliss-reactive ketones (excluding diaryl/α,β-unsaturated/α-hetero) is 6. The molecule has 0 saturated heterocycles. The van der Waals surface area contributed by atoms with Crippen LogP contribution in [0.1, 0.15) is 152 Å². The zero-order chi connectivity index (χ0) is 76.9. The number of benzene rings is 3. The van der Waals surface area contributed by atoms with Crippen LogP contribution in [0, 0.1) is 97.6 Å². The summed E-state index contributed by atoms with van der Waals surface area (Å²) in [5, 5.41) is 39.8. The van der Waals surface area contributed by atoms with Crippen molar-refractivity contribution in [2.24, 2.45) is 97.6 Å². The van der Waals surface area contributed by atoms with Gasteiger partial charge in [0.1, 0.15) is 34.2 Å². The van der Waals surface area contributed by atoms with E-state index in [0.29, 0.717) is 12.8 Å². The van der Waals surface area contributed by atoms with Gasteiger partial charge in [-0.15, -0.1) is 11.3 Å². The van der Waals surface area contributed by atoms with Crippen LogP contribution in [0.15, 0.2) is 171 Å². The van der Waals surface area contributed by atoms with Gasteiger partial charge in [-0.2, -0.15) is 0 Å². The lowest BCUT2D eigenvalue weighted by atomic mass is 9.46. The van der Waals surface area contributed by atoms with Crippen molar-refractivity contribution >= 4 is 131 Å². The number of allylic oxidation sites excluding steroid dienone is 9. The first-order valence-corrected chi connectivity index (χ1v) is 43.0. The minimum Gasteiger partial charge on any atom is -0.381 e. The number of hydrogen-bond donors (Lipinski definition) is 3. The van der Waals surface area contributed by atoms with Gasteiger partial charge in [-0.25, -0.2) is 15.0 Å². The normalized spacial score (nSPS) is 38.6. The second-order valence-electron chi connectivity index (χ2n) is 35.4. The van der Waals surface area contributed by atoms with E-state index >= 15 is 0 Å². The molecule has 109 heavy (non-hydrogen) atoms. The van der Waals surface area contributed by atoms with Gasteiger partial charge in [0.15, 0.2) is 39.0 Å². The van der Waals surface area contributed by atoms with E-state index in [0.717, 1.165) is 127 Å². The summed E-state index contributed by atoms with van der Waals surface area (Å²) in [5.74, 6) is -0.00414. The highest BCUT2D eigenvalue weighted by atomic mass is 32.2. The molecule has 3 heterocycles. The van der Waals surface area contributed by atoms with Crippen LogP contribution in [0.5, 0.6) is 0 Å². The van der Waals surface area contributed by atoms with E-state index < -0.39 is 43.9 Å². The van der Waals surface area contributed by atoms with Crippen LogP contribution < -0.4 is 0 Å². The number of thioether (sulfide) groups is 3. The van der Waals surface area contributed by atoms with Gasteiger partial charge in [0.2, 0.25) is 0 Å².